The highest BCUT2D eigenvalue weighted by Gasteiger charge is 2.67. The van der Waals surface area contributed by atoms with Gasteiger partial charge in [-0.1, -0.05) is 29.8 Å². The number of rotatable bonds is 4. The van der Waals surface area contributed by atoms with Crippen LogP contribution in [0.2, 0.25) is 0 Å². The van der Waals surface area contributed by atoms with Crippen LogP contribution in [0.1, 0.15) is 17.0 Å². The lowest BCUT2D eigenvalue weighted by molar-refractivity contribution is 0.171. The van der Waals surface area contributed by atoms with E-state index in [2.05, 4.69) is 0 Å². The van der Waals surface area contributed by atoms with E-state index in [0.717, 1.165) is 11.1 Å². The van der Waals surface area contributed by atoms with Gasteiger partial charge in [-0.05, 0) is 12.5 Å². The summed E-state index contributed by atoms with van der Waals surface area (Å²) in [6.45, 7) is 2.25. The van der Waals surface area contributed by atoms with Gasteiger partial charge in [0.1, 0.15) is 0 Å². The molecule has 1 aliphatic rings. The number of hydrogen-bond donors (Lipinski definition) is 1. The molecule has 1 aliphatic carbocycles. The van der Waals surface area contributed by atoms with Crippen LogP contribution < -0.4 is 5.73 Å². The molecule has 100 valence electrons. The van der Waals surface area contributed by atoms with Crippen LogP contribution in [-0.4, -0.2) is 39.2 Å². The minimum atomic E-state index is -3.17. The van der Waals surface area contributed by atoms with Crippen molar-refractivity contribution in [3.8, 4) is 0 Å². The van der Waals surface area contributed by atoms with Gasteiger partial charge in [-0.3, -0.25) is 0 Å². The van der Waals surface area contributed by atoms with E-state index in [1.807, 2.05) is 31.2 Å². The maximum atomic E-state index is 11.8. The largest absolute Gasteiger partial charge is 0.383 e. The van der Waals surface area contributed by atoms with Crippen molar-refractivity contribution in [3.05, 3.63) is 35.4 Å². The minimum absolute atomic E-state index is 0.173. The Kier molecular flexibility index (Phi) is 3.25. The molecular formula is C13H19NO3S. The molecular weight excluding hydrogens is 250 g/mol. The van der Waals surface area contributed by atoms with E-state index in [1.54, 1.807) is 7.11 Å². The third-order valence-corrected chi connectivity index (χ3v) is 5.23. The molecule has 5 heteroatoms. The van der Waals surface area contributed by atoms with Gasteiger partial charge in [-0.25, -0.2) is 8.42 Å². The lowest BCUT2D eigenvalue weighted by Gasteiger charge is -2.10. The van der Waals surface area contributed by atoms with Crippen LogP contribution in [0.4, 0.5) is 0 Å². The first-order valence-corrected chi connectivity index (χ1v) is 7.79. The fourth-order valence-corrected chi connectivity index (χ4v) is 4.59. The average molecular weight is 269 g/mol. The molecule has 0 unspecified atom stereocenters. The van der Waals surface area contributed by atoms with Crippen molar-refractivity contribution in [1.29, 1.82) is 0 Å². The van der Waals surface area contributed by atoms with Crippen LogP contribution in [0.15, 0.2) is 24.3 Å². The molecule has 18 heavy (non-hydrogen) atoms. The van der Waals surface area contributed by atoms with Crippen LogP contribution in [0.3, 0.4) is 0 Å². The van der Waals surface area contributed by atoms with Crippen LogP contribution >= 0.6 is 0 Å². The topological polar surface area (TPSA) is 69.4 Å². The summed E-state index contributed by atoms with van der Waals surface area (Å²) < 4.78 is 28.7. The van der Waals surface area contributed by atoms with Crippen LogP contribution in [0, 0.1) is 6.92 Å². The van der Waals surface area contributed by atoms with E-state index >= 15 is 0 Å². The van der Waals surface area contributed by atoms with Gasteiger partial charge in [0.15, 0.2) is 9.84 Å². The first-order valence-electron chi connectivity index (χ1n) is 5.84. The highest BCUT2D eigenvalue weighted by atomic mass is 32.2. The highest BCUT2D eigenvalue weighted by Crippen LogP contribution is 2.53. The summed E-state index contributed by atoms with van der Waals surface area (Å²) in [6, 6.07) is 7.84. The second-order valence-electron chi connectivity index (χ2n) is 5.18. The first-order chi connectivity index (χ1) is 8.30. The zero-order valence-electron chi connectivity index (χ0n) is 10.9. The van der Waals surface area contributed by atoms with E-state index in [-0.39, 0.29) is 12.5 Å². The normalized spacial score (nSPS) is 31.3. The smallest absolute Gasteiger partial charge is 0.152 e. The van der Waals surface area contributed by atoms with Gasteiger partial charge in [0, 0.05) is 19.3 Å². The standard InChI is InChI=1S/C13H19NO3S/c1-9-4-6-10(7-5-9)11-12(18(3,15)16)13(11,14)8-17-2/h4-7,11-12H,8,14H2,1-3H3/t11-,12+,13-/m0/s1. The molecule has 0 spiro atoms. The number of nitrogens with two attached hydrogens (primary N) is 1. The Morgan fingerprint density at radius 1 is 1.33 bits per heavy atom. The highest BCUT2D eigenvalue weighted by molar-refractivity contribution is 7.91. The molecule has 0 radical (unpaired) electrons. The molecule has 0 aliphatic heterocycles. The predicted octanol–water partition coefficient (Wildman–Crippen LogP) is 0.849. The molecule has 1 fully saturated rings. The van der Waals surface area contributed by atoms with E-state index in [1.165, 1.54) is 6.26 Å². The Hall–Kier alpha value is -0.910. The molecule has 4 nitrogen and oxygen atoms in total. The quantitative estimate of drug-likeness (QED) is 0.879. The number of hydrogen-bond acceptors (Lipinski definition) is 4. The lowest BCUT2D eigenvalue weighted by Crippen LogP contribution is -2.35. The van der Waals surface area contributed by atoms with Gasteiger partial charge in [0.2, 0.25) is 0 Å². The van der Waals surface area contributed by atoms with Crippen molar-refractivity contribution in [2.75, 3.05) is 20.0 Å². The number of aryl methyl sites for hydroxylation is 1. The summed E-state index contributed by atoms with van der Waals surface area (Å²) in [4.78, 5) is 0. The number of ether oxygens (including phenoxy) is 1. The van der Waals surface area contributed by atoms with Gasteiger partial charge in [0.25, 0.3) is 0 Å². The predicted molar refractivity (Wildman–Crippen MR) is 71.3 cm³/mol. The van der Waals surface area contributed by atoms with Crippen LogP contribution in [0.25, 0.3) is 0 Å². The van der Waals surface area contributed by atoms with Crippen molar-refractivity contribution in [2.45, 2.75) is 23.6 Å². The molecule has 1 aromatic carbocycles. The minimum Gasteiger partial charge on any atom is -0.383 e. The van der Waals surface area contributed by atoms with E-state index in [0.29, 0.717) is 0 Å². The van der Waals surface area contributed by atoms with E-state index in [9.17, 15) is 8.42 Å². The van der Waals surface area contributed by atoms with Gasteiger partial charge in [-0.15, -0.1) is 0 Å². The van der Waals surface area contributed by atoms with Crippen LogP contribution in [0.5, 0.6) is 0 Å². The Bertz CT molecular complexity index is 538. The Balaban J connectivity index is 2.35. The number of benzene rings is 1. The maximum absolute atomic E-state index is 11.8. The Labute approximate surface area is 108 Å². The molecule has 1 saturated carbocycles. The van der Waals surface area contributed by atoms with Gasteiger partial charge >= 0.3 is 0 Å². The fourth-order valence-electron chi connectivity index (χ4n) is 2.75. The molecule has 2 N–H and O–H groups in total. The summed E-state index contributed by atoms with van der Waals surface area (Å²) >= 11 is 0. The third kappa shape index (κ3) is 2.18. The molecule has 0 amide bonds. The molecule has 1 aromatic rings. The zero-order chi connectivity index (χ0) is 13.6. The molecule has 0 aromatic heterocycles. The SMILES string of the molecule is COC[C@@]1(N)[C@H](S(C)(=O)=O)[C@@H]1c1ccc(C)cc1. The van der Waals surface area contributed by atoms with Crippen molar-refractivity contribution in [1.82, 2.24) is 0 Å². The Morgan fingerprint density at radius 2 is 1.89 bits per heavy atom. The van der Waals surface area contributed by atoms with Crippen molar-refractivity contribution in [3.63, 3.8) is 0 Å². The van der Waals surface area contributed by atoms with Gasteiger partial charge < -0.3 is 10.5 Å². The van der Waals surface area contributed by atoms with Crippen LogP contribution in [-0.2, 0) is 14.6 Å². The Morgan fingerprint density at radius 3 is 2.33 bits per heavy atom. The number of methoxy groups -OCH3 is 1. The van der Waals surface area contributed by atoms with Gasteiger partial charge in [0.05, 0.1) is 17.4 Å². The van der Waals surface area contributed by atoms with E-state index in [4.69, 9.17) is 10.5 Å². The third-order valence-electron chi connectivity index (χ3n) is 3.59. The monoisotopic (exact) mass is 269 g/mol. The van der Waals surface area contributed by atoms with E-state index < -0.39 is 20.6 Å². The molecule has 0 saturated heterocycles. The second-order valence-corrected chi connectivity index (χ2v) is 7.35. The van der Waals surface area contributed by atoms with Crippen molar-refractivity contribution in [2.24, 2.45) is 5.73 Å². The maximum Gasteiger partial charge on any atom is 0.152 e. The second kappa shape index (κ2) is 4.33. The summed E-state index contributed by atoms with van der Waals surface area (Å²) in [5.41, 5.74) is 7.51. The first kappa shape index (κ1) is 13.5. The molecule has 3 atom stereocenters. The molecule has 0 bridgehead atoms. The molecule has 2 rings (SSSR count). The summed E-state index contributed by atoms with van der Waals surface area (Å²) in [5.74, 6) is -0.173. The van der Waals surface area contributed by atoms with Crippen molar-refractivity contribution < 1.29 is 13.2 Å². The zero-order valence-corrected chi connectivity index (χ0v) is 11.7. The fraction of sp³-hybridized carbons (Fsp3) is 0.538. The lowest BCUT2D eigenvalue weighted by atomic mass is 10.1. The number of sulfone groups is 1. The summed E-state index contributed by atoms with van der Waals surface area (Å²) in [6.07, 6.45) is 1.24. The summed E-state index contributed by atoms with van der Waals surface area (Å²) in [5, 5.41) is -0.548. The average Bonchev–Trinajstić information content (AvgIpc) is 2.86. The van der Waals surface area contributed by atoms with Crippen molar-refractivity contribution >= 4 is 9.84 Å². The molecule has 0 heterocycles. The summed E-state index contributed by atoms with van der Waals surface area (Å²) in [7, 11) is -1.63. The van der Waals surface area contributed by atoms with Gasteiger partial charge in [-0.2, -0.15) is 0 Å².